The van der Waals surface area contributed by atoms with E-state index in [-0.39, 0.29) is 18.2 Å². The summed E-state index contributed by atoms with van der Waals surface area (Å²) in [5.74, 6) is -0.143. The van der Waals surface area contributed by atoms with E-state index in [1.807, 2.05) is 30.3 Å². The van der Waals surface area contributed by atoms with Crippen molar-refractivity contribution in [3.05, 3.63) is 70.8 Å². The minimum absolute atomic E-state index is 0.227. The molecule has 1 saturated heterocycles. The number of hydrogen-bond acceptors (Lipinski definition) is 3. The third-order valence-electron chi connectivity index (χ3n) is 5.88. The van der Waals surface area contributed by atoms with Crippen molar-refractivity contribution in [2.45, 2.75) is 44.6 Å². The number of aryl methyl sites for hydroxylation is 1. The van der Waals surface area contributed by atoms with Gasteiger partial charge in [0.2, 0.25) is 0 Å². The summed E-state index contributed by atoms with van der Waals surface area (Å²) >= 11 is 0. The minimum Gasteiger partial charge on any atom is -0.323 e. The zero-order valence-corrected chi connectivity index (χ0v) is 16.2. The van der Waals surface area contributed by atoms with Gasteiger partial charge >= 0.3 is 6.03 Å². The van der Waals surface area contributed by atoms with E-state index in [9.17, 15) is 14.4 Å². The second-order valence-corrected chi connectivity index (χ2v) is 8.05. The molecule has 0 bridgehead atoms. The summed E-state index contributed by atoms with van der Waals surface area (Å²) < 4.78 is 0. The van der Waals surface area contributed by atoms with Gasteiger partial charge in [-0.05, 0) is 35.4 Å². The van der Waals surface area contributed by atoms with E-state index < -0.39 is 11.6 Å². The van der Waals surface area contributed by atoms with E-state index in [1.165, 1.54) is 5.56 Å². The summed E-state index contributed by atoms with van der Waals surface area (Å²) in [5.41, 5.74) is 3.04. The van der Waals surface area contributed by atoms with Crippen LogP contribution in [0.3, 0.4) is 0 Å². The molecule has 1 atom stereocenters. The molecule has 0 saturated carbocycles. The molecule has 1 fully saturated rings. The highest BCUT2D eigenvalue weighted by Crippen LogP contribution is 2.33. The van der Waals surface area contributed by atoms with Crippen molar-refractivity contribution in [3.63, 3.8) is 0 Å². The number of imide groups is 1. The number of nitrogens with one attached hydrogen (secondary N) is 1. The normalized spacial score (nSPS) is 21.2. The summed E-state index contributed by atoms with van der Waals surface area (Å²) in [6.07, 6.45) is 1.77. The molecule has 2 aliphatic rings. The Kier molecular flexibility index (Phi) is 4.53. The third kappa shape index (κ3) is 3.11. The van der Waals surface area contributed by atoms with E-state index >= 15 is 0 Å². The maximum absolute atomic E-state index is 13.1. The van der Waals surface area contributed by atoms with Crippen LogP contribution in [0.5, 0.6) is 0 Å². The quantitative estimate of drug-likeness (QED) is 0.656. The number of Topliss-reactive ketones (excluding diaryl/α,β-unsaturated/α-hetero) is 1. The zero-order chi connectivity index (χ0) is 19.9. The number of urea groups is 1. The van der Waals surface area contributed by atoms with Crippen LogP contribution in [-0.2, 0) is 17.6 Å². The molecule has 4 rings (SSSR count). The predicted molar refractivity (Wildman–Crippen MR) is 106 cm³/mol. The Morgan fingerprint density at radius 3 is 2.43 bits per heavy atom. The summed E-state index contributed by atoms with van der Waals surface area (Å²) in [6, 6.07) is 14.9. The molecule has 1 N–H and O–H groups in total. The molecule has 5 heteroatoms. The van der Waals surface area contributed by atoms with Gasteiger partial charge in [0.1, 0.15) is 5.54 Å². The molecule has 3 amide bonds. The van der Waals surface area contributed by atoms with Crippen molar-refractivity contribution in [2.24, 2.45) is 0 Å². The fraction of sp³-hybridized carbons (Fsp3) is 0.348. The minimum atomic E-state index is -0.923. The first kappa shape index (κ1) is 18.4. The Bertz CT molecular complexity index is 949. The van der Waals surface area contributed by atoms with Crippen LogP contribution >= 0.6 is 0 Å². The first-order valence-corrected chi connectivity index (χ1v) is 9.74. The molecule has 1 aliphatic carbocycles. The number of benzene rings is 2. The largest absolute Gasteiger partial charge is 0.325 e. The van der Waals surface area contributed by atoms with Crippen molar-refractivity contribution in [1.82, 2.24) is 10.2 Å². The molecular formula is C23H24N2O3. The third-order valence-corrected chi connectivity index (χ3v) is 5.88. The van der Waals surface area contributed by atoms with Crippen LogP contribution in [0.2, 0.25) is 0 Å². The van der Waals surface area contributed by atoms with Crippen LogP contribution in [0.4, 0.5) is 4.79 Å². The van der Waals surface area contributed by atoms with Crippen LogP contribution in [-0.4, -0.2) is 34.7 Å². The molecule has 1 spiro atoms. The van der Waals surface area contributed by atoms with Crippen LogP contribution in [0.25, 0.3) is 0 Å². The van der Waals surface area contributed by atoms with Crippen LogP contribution in [0.1, 0.15) is 53.2 Å². The van der Waals surface area contributed by atoms with Gasteiger partial charge in [-0.3, -0.25) is 14.5 Å². The van der Waals surface area contributed by atoms with E-state index in [4.69, 9.17) is 0 Å². The van der Waals surface area contributed by atoms with E-state index in [0.717, 1.165) is 22.4 Å². The lowest BCUT2D eigenvalue weighted by Gasteiger charge is -2.32. The van der Waals surface area contributed by atoms with Gasteiger partial charge in [-0.1, -0.05) is 62.4 Å². The first-order chi connectivity index (χ1) is 13.4. The van der Waals surface area contributed by atoms with Crippen molar-refractivity contribution in [2.75, 3.05) is 6.54 Å². The number of fused-ring (bicyclic) bond motifs is 1. The molecular weight excluding hydrogens is 352 g/mol. The van der Waals surface area contributed by atoms with Crippen LogP contribution in [0.15, 0.2) is 48.5 Å². The van der Waals surface area contributed by atoms with Crippen molar-refractivity contribution in [1.29, 1.82) is 0 Å². The van der Waals surface area contributed by atoms with Crippen LogP contribution < -0.4 is 5.32 Å². The average molecular weight is 376 g/mol. The van der Waals surface area contributed by atoms with E-state index in [0.29, 0.717) is 24.3 Å². The number of carbonyl (C=O) groups is 3. The highest BCUT2D eigenvalue weighted by molar-refractivity contribution is 6.11. The van der Waals surface area contributed by atoms with Crippen LogP contribution in [0, 0.1) is 0 Å². The van der Waals surface area contributed by atoms with Gasteiger partial charge in [-0.15, -0.1) is 0 Å². The molecule has 0 radical (unpaired) electrons. The Labute approximate surface area is 164 Å². The summed E-state index contributed by atoms with van der Waals surface area (Å²) in [6.45, 7) is 3.95. The molecule has 1 aliphatic heterocycles. The maximum Gasteiger partial charge on any atom is 0.325 e. The van der Waals surface area contributed by atoms with Gasteiger partial charge in [0.05, 0.1) is 6.54 Å². The van der Waals surface area contributed by atoms with Crippen molar-refractivity contribution >= 4 is 17.7 Å². The Balaban J connectivity index is 1.51. The monoisotopic (exact) mass is 376 g/mol. The van der Waals surface area contributed by atoms with Crippen molar-refractivity contribution < 1.29 is 14.4 Å². The molecule has 28 heavy (non-hydrogen) atoms. The molecule has 1 unspecified atom stereocenters. The van der Waals surface area contributed by atoms with Gasteiger partial charge in [-0.2, -0.15) is 0 Å². The number of amides is 3. The molecule has 2 aromatic rings. The highest BCUT2D eigenvalue weighted by atomic mass is 16.2. The summed E-state index contributed by atoms with van der Waals surface area (Å²) in [7, 11) is 0. The fourth-order valence-corrected chi connectivity index (χ4v) is 4.13. The Morgan fingerprint density at radius 2 is 1.75 bits per heavy atom. The number of hydrogen-bond donors (Lipinski definition) is 1. The molecule has 5 nitrogen and oxygen atoms in total. The lowest BCUT2D eigenvalue weighted by atomic mass is 9.78. The lowest BCUT2D eigenvalue weighted by Crippen LogP contribution is -2.51. The lowest BCUT2D eigenvalue weighted by molar-refractivity contribution is -0.131. The van der Waals surface area contributed by atoms with Crippen molar-refractivity contribution in [3.8, 4) is 0 Å². The second-order valence-electron chi connectivity index (χ2n) is 8.05. The average Bonchev–Trinajstić information content (AvgIpc) is 2.91. The first-order valence-electron chi connectivity index (χ1n) is 9.74. The summed E-state index contributed by atoms with van der Waals surface area (Å²) in [5, 5.41) is 2.88. The molecule has 2 aromatic carbocycles. The van der Waals surface area contributed by atoms with Gasteiger partial charge < -0.3 is 5.32 Å². The fourth-order valence-electron chi connectivity index (χ4n) is 4.13. The molecule has 144 valence electrons. The highest BCUT2D eigenvalue weighted by Gasteiger charge is 2.52. The molecule has 1 heterocycles. The number of ketones is 1. The smallest absolute Gasteiger partial charge is 0.323 e. The van der Waals surface area contributed by atoms with Gasteiger partial charge in [0, 0.05) is 12.0 Å². The Morgan fingerprint density at radius 1 is 1.07 bits per heavy atom. The van der Waals surface area contributed by atoms with E-state index in [1.54, 1.807) is 12.1 Å². The second kappa shape index (κ2) is 6.89. The zero-order valence-electron chi connectivity index (χ0n) is 16.2. The SMILES string of the molecule is CC(C)c1ccc(C(=O)CN2C(=O)NC3(CCc4ccccc4C3)C2=O)cc1. The van der Waals surface area contributed by atoms with Gasteiger partial charge in [0.15, 0.2) is 5.78 Å². The standard InChI is InChI=1S/C23H24N2O3/c1-15(2)16-7-9-18(10-8-16)20(26)14-25-21(27)23(24-22(25)28)12-11-17-5-3-4-6-19(17)13-23/h3-10,15H,11-14H2,1-2H3,(H,24,28). The van der Waals surface area contributed by atoms with E-state index in [2.05, 4.69) is 25.2 Å². The van der Waals surface area contributed by atoms with Gasteiger partial charge in [0.25, 0.3) is 5.91 Å². The summed E-state index contributed by atoms with van der Waals surface area (Å²) in [4.78, 5) is 39.4. The molecule has 0 aromatic heterocycles. The number of rotatable bonds is 4. The topological polar surface area (TPSA) is 66.5 Å². The number of nitrogens with zero attached hydrogens (tertiary/aromatic N) is 1. The predicted octanol–water partition coefficient (Wildman–Crippen LogP) is 3.47. The number of carbonyl (C=O) groups excluding carboxylic acids is 3. The van der Waals surface area contributed by atoms with Gasteiger partial charge in [-0.25, -0.2) is 4.79 Å². The maximum atomic E-state index is 13.1. The Hall–Kier alpha value is -2.95.